The van der Waals surface area contributed by atoms with Crippen molar-refractivity contribution in [1.82, 2.24) is 10.2 Å². The summed E-state index contributed by atoms with van der Waals surface area (Å²) in [5.74, 6) is 1.50. The van der Waals surface area contributed by atoms with Gasteiger partial charge in [-0.3, -0.25) is 0 Å². The van der Waals surface area contributed by atoms with Crippen molar-refractivity contribution in [2.24, 2.45) is 0 Å². The first-order chi connectivity index (χ1) is 9.63. The van der Waals surface area contributed by atoms with Crippen molar-refractivity contribution in [2.75, 3.05) is 46.9 Å². The van der Waals surface area contributed by atoms with Crippen LogP contribution in [-0.4, -0.2) is 62.6 Å². The molecule has 0 radical (unpaired) electrons. The zero-order chi connectivity index (χ0) is 14.4. The van der Waals surface area contributed by atoms with Crippen LogP contribution in [0.25, 0.3) is 0 Å². The Bertz CT molecular complexity index is 419. The number of aliphatic hydroxyl groups is 1. The van der Waals surface area contributed by atoms with Crippen molar-refractivity contribution >= 4 is 0 Å². The summed E-state index contributed by atoms with van der Waals surface area (Å²) in [6.07, 6.45) is 0.810. The van der Waals surface area contributed by atoms with Gasteiger partial charge in [-0.15, -0.1) is 0 Å². The average molecular weight is 280 g/mol. The third kappa shape index (κ3) is 4.10. The van der Waals surface area contributed by atoms with Gasteiger partial charge in [0, 0.05) is 19.6 Å². The van der Waals surface area contributed by atoms with Crippen LogP contribution in [0.1, 0.15) is 6.42 Å². The van der Waals surface area contributed by atoms with E-state index in [1.807, 2.05) is 31.3 Å². The summed E-state index contributed by atoms with van der Waals surface area (Å²) in [7, 11) is 3.64. The molecule has 5 nitrogen and oxygen atoms in total. The number of likely N-dealkylation sites (N-methyl/N-ethyl adjacent to an activating group) is 1. The highest BCUT2D eigenvalue weighted by Crippen LogP contribution is 2.25. The van der Waals surface area contributed by atoms with E-state index in [4.69, 9.17) is 9.47 Å². The zero-order valence-corrected chi connectivity index (χ0v) is 12.3. The number of nitrogens with zero attached hydrogens (tertiary/aromatic N) is 1. The lowest BCUT2D eigenvalue weighted by molar-refractivity contribution is 0.0254. The number of nitrogens with one attached hydrogen (secondary N) is 1. The van der Waals surface area contributed by atoms with Crippen LogP contribution in [0.2, 0.25) is 0 Å². The van der Waals surface area contributed by atoms with Crippen molar-refractivity contribution in [1.29, 1.82) is 0 Å². The highest BCUT2D eigenvalue weighted by molar-refractivity contribution is 5.39. The monoisotopic (exact) mass is 280 g/mol. The Morgan fingerprint density at radius 2 is 2.10 bits per heavy atom. The van der Waals surface area contributed by atoms with Crippen LogP contribution in [0.15, 0.2) is 24.3 Å². The summed E-state index contributed by atoms with van der Waals surface area (Å²) in [6, 6.07) is 7.62. The quantitative estimate of drug-likeness (QED) is 0.771. The van der Waals surface area contributed by atoms with Crippen LogP contribution >= 0.6 is 0 Å². The summed E-state index contributed by atoms with van der Waals surface area (Å²) >= 11 is 0. The molecule has 1 aromatic carbocycles. The predicted octanol–water partition coefficient (Wildman–Crippen LogP) is 0.730. The lowest BCUT2D eigenvalue weighted by Crippen LogP contribution is -2.44. The Morgan fingerprint density at radius 1 is 1.35 bits per heavy atom. The largest absolute Gasteiger partial charge is 0.493 e. The van der Waals surface area contributed by atoms with E-state index in [1.165, 1.54) is 0 Å². The van der Waals surface area contributed by atoms with Crippen LogP contribution < -0.4 is 14.8 Å². The first-order valence-corrected chi connectivity index (χ1v) is 7.00. The second kappa shape index (κ2) is 6.92. The fourth-order valence-corrected chi connectivity index (χ4v) is 2.50. The fraction of sp³-hybridized carbons (Fsp3) is 0.600. The number of ether oxygens (including phenoxy) is 2. The maximum atomic E-state index is 10.3. The van der Waals surface area contributed by atoms with Gasteiger partial charge in [0.2, 0.25) is 0 Å². The molecule has 5 heteroatoms. The van der Waals surface area contributed by atoms with E-state index >= 15 is 0 Å². The van der Waals surface area contributed by atoms with Gasteiger partial charge in [-0.25, -0.2) is 0 Å². The lowest BCUT2D eigenvalue weighted by atomic mass is 10.0. The summed E-state index contributed by atoms with van der Waals surface area (Å²) in [5, 5.41) is 13.5. The molecule has 1 unspecified atom stereocenters. The fourth-order valence-electron chi connectivity index (χ4n) is 2.50. The van der Waals surface area contributed by atoms with Gasteiger partial charge in [0.1, 0.15) is 6.61 Å². The minimum atomic E-state index is -0.598. The van der Waals surface area contributed by atoms with Gasteiger partial charge in [0.05, 0.1) is 12.7 Å². The summed E-state index contributed by atoms with van der Waals surface area (Å²) in [5.41, 5.74) is -0.598. The highest BCUT2D eigenvalue weighted by Gasteiger charge is 2.31. The smallest absolute Gasteiger partial charge is 0.161 e. The number of benzene rings is 1. The zero-order valence-electron chi connectivity index (χ0n) is 12.3. The first-order valence-electron chi connectivity index (χ1n) is 7.00. The predicted molar refractivity (Wildman–Crippen MR) is 78.4 cm³/mol. The summed E-state index contributed by atoms with van der Waals surface area (Å²) in [4.78, 5) is 2.10. The Labute approximate surface area is 120 Å². The summed E-state index contributed by atoms with van der Waals surface area (Å²) in [6.45, 7) is 3.56. The van der Waals surface area contributed by atoms with Crippen molar-refractivity contribution in [3.63, 3.8) is 0 Å². The third-order valence-corrected chi connectivity index (χ3v) is 3.59. The van der Waals surface area contributed by atoms with E-state index in [0.717, 1.165) is 31.0 Å². The molecule has 1 fully saturated rings. The number of methoxy groups -OCH3 is 1. The van der Waals surface area contributed by atoms with E-state index in [9.17, 15) is 5.11 Å². The molecule has 20 heavy (non-hydrogen) atoms. The molecule has 1 saturated heterocycles. The van der Waals surface area contributed by atoms with Gasteiger partial charge in [-0.1, -0.05) is 12.1 Å². The molecule has 1 atom stereocenters. The number of hydrogen-bond acceptors (Lipinski definition) is 5. The van der Waals surface area contributed by atoms with E-state index in [1.54, 1.807) is 7.11 Å². The lowest BCUT2D eigenvalue weighted by Gasteiger charge is -2.27. The van der Waals surface area contributed by atoms with E-state index in [-0.39, 0.29) is 0 Å². The highest BCUT2D eigenvalue weighted by atomic mass is 16.5. The Morgan fingerprint density at radius 3 is 2.75 bits per heavy atom. The molecular weight excluding hydrogens is 256 g/mol. The molecule has 1 aliphatic heterocycles. The summed E-state index contributed by atoms with van der Waals surface area (Å²) < 4.78 is 11.0. The molecule has 2 N–H and O–H groups in total. The molecule has 1 heterocycles. The molecule has 0 aliphatic carbocycles. The molecule has 2 rings (SSSR count). The number of hydrogen-bond donors (Lipinski definition) is 2. The Balaban J connectivity index is 1.75. The molecule has 0 spiro atoms. The van der Waals surface area contributed by atoms with E-state index < -0.39 is 5.60 Å². The molecule has 1 aromatic rings. The van der Waals surface area contributed by atoms with Crippen molar-refractivity contribution in [3.05, 3.63) is 24.3 Å². The van der Waals surface area contributed by atoms with E-state index in [0.29, 0.717) is 19.7 Å². The Hall–Kier alpha value is -1.30. The molecule has 0 aromatic heterocycles. The van der Waals surface area contributed by atoms with Crippen LogP contribution in [0, 0.1) is 0 Å². The second-order valence-corrected chi connectivity index (χ2v) is 5.39. The SMILES string of the molecule is COc1ccccc1OCCN(C)CC1(O)CCNC1. The van der Waals surface area contributed by atoms with Crippen LogP contribution in [0.3, 0.4) is 0 Å². The van der Waals surface area contributed by atoms with Crippen molar-refractivity contribution in [3.8, 4) is 11.5 Å². The average Bonchev–Trinajstić information content (AvgIpc) is 2.85. The minimum Gasteiger partial charge on any atom is -0.493 e. The first kappa shape index (κ1) is 15.1. The van der Waals surface area contributed by atoms with Gasteiger partial charge in [-0.2, -0.15) is 0 Å². The number of para-hydroxylation sites is 2. The maximum Gasteiger partial charge on any atom is 0.161 e. The maximum absolute atomic E-state index is 10.3. The van der Waals surface area contributed by atoms with Crippen molar-refractivity contribution in [2.45, 2.75) is 12.0 Å². The molecule has 0 amide bonds. The van der Waals surface area contributed by atoms with Gasteiger partial charge in [0.15, 0.2) is 11.5 Å². The standard InChI is InChI=1S/C15H24N2O3/c1-17(12-15(18)7-8-16-11-15)9-10-20-14-6-4-3-5-13(14)19-2/h3-6,16,18H,7-12H2,1-2H3. The minimum absolute atomic E-state index is 0.570. The van der Waals surface area contributed by atoms with E-state index in [2.05, 4.69) is 10.2 Å². The molecule has 1 aliphatic rings. The number of β-amino-alcohol motifs (C(OH)–C–C–N with tert-alkyl or cyclic N) is 1. The topological polar surface area (TPSA) is 54.0 Å². The van der Waals surface area contributed by atoms with Crippen LogP contribution in [0.5, 0.6) is 11.5 Å². The van der Waals surface area contributed by atoms with Gasteiger partial charge in [-0.05, 0) is 32.1 Å². The Kier molecular flexibility index (Phi) is 5.23. The third-order valence-electron chi connectivity index (χ3n) is 3.59. The number of rotatable bonds is 7. The van der Waals surface area contributed by atoms with Gasteiger partial charge >= 0.3 is 0 Å². The molecule has 112 valence electrons. The van der Waals surface area contributed by atoms with Gasteiger partial charge in [0.25, 0.3) is 0 Å². The molecular formula is C15H24N2O3. The van der Waals surface area contributed by atoms with Crippen LogP contribution in [-0.2, 0) is 0 Å². The van der Waals surface area contributed by atoms with Gasteiger partial charge < -0.3 is 24.8 Å². The normalized spacial score (nSPS) is 22.2. The van der Waals surface area contributed by atoms with Crippen LogP contribution in [0.4, 0.5) is 0 Å². The second-order valence-electron chi connectivity index (χ2n) is 5.39. The van der Waals surface area contributed by atoms with Crippen molar-refractivity contribution < 1.29 is 14.6 Å². The molecule has 0 bridgehead atoms. The molecule has 0 saturated carbocycles.